The second-order valence-electron chi connectivity index (χ2n) is 7.43. The normalized spacial score (nSPS) is 15.9. The van der Waals surface area contributed by atoms with Crippen LogP contribution in [0.3, 0.4) is 0 Å². The Balaban J connectivity index is 1.47. The maximum atomic E-state index is 14.0. The molecule has 156 valence electrons. The molecule has 0 bridgehead atoms. The van der Waals surface area contributed by atoms with E-state index in [1.54, 1.807) is 17.2 Å². The summed E-state index contributed by atoms with van der Waals surface area (Å²) in [6.45, 7) is 2.49. The number of carbonyl (C=O) groups excluding carboxylic acids is 1. The van der Waals surface area contributed by atoms with Crippen molar-refractivity contribution in [3.05, 3.63) is 63.9 Å². The first-order valence-corrected chi connectivity index (χ1v) is 10.4. The van der Waals surface area contributed by atoms with E-state index in [-0.39, 0.29) is 17.9 Å². The van der Waals surface area contributed by atoms with Crippen LogP contribution in [0, 0.1) is 18.6 Å². The summed E-state index contributed by atoms with van der Waals surface area (Å²) < 4.78 is 27.1. The first-order valence-electron chi connectivity index (χ1n) is 9.54. The van der Waals surface area contributed by atoms with Gasteiger partial charge in [-0.3, -0.25) is 4.79 Å². The first-order chi connectivity index (χ1) is 14.3. The van der Waals surface area contributed by atoms with Gasteiger partial charge in [0.05, 0.1) is 16.3 Å². The lowest BCUT2D eigenvalue weighted by Crippen LogP contribution is -2.47. The molecular formula is C21H20F2N4O2S. The van der Waals surface area contributed by atoms with Crippen molar-refractivity contribution in [3.8, 4) is 11.4 Å². The van der Waals surface area contributed by atoms with Gasteiger partial charge in [0, 0.05) is 31.8 Å². The summed E-state index contributed by atoms with van der Waals surface area (Å²) in [6.07, 6.45) is 3.69. The number of halogens is 2. The number of aliphatic hydroxyl groups is 1. The Bertz CT molecular complexity index is 1070. The fraction of sp³-hybridized carbons (Fsp3) is 0.333. The Morgan fingerprint density at radius 1 is 1.27 bits per heavy atom. The molecule has 1 saturated heterocycles. The number of hydrogen-bond donors (Lipinski definition) is 1. The van der Waals surface area contributed by atoms with Crippen LogP contribution in [0.5, 0.6) is 0 Å². The Morgan fingerprint density at radius 3 is 2.70 bits per heavy atom. The van der Waals surface area contributed by atoms with Gasteiger partial charge < -0.3 is 10.0 Å². The van der Waals surface area contributed by atoms with Crippen molar-refractivity contribution in [2.75, 3.05) is 13.1 Å². The molecule has 6 nitrogen and oxygen atoms in total. The van der Waals surface area contributed by atoms with E-state index in [9.17, 15) is 18.7 Å². The number of carbonyl (C=O) groups is 1. The molecule has 0 saturated carbocycles. The van der Waals surface area contributed by atoms with Crippen LogP contribution < -0.4 is 0 Å². The second-order valence-corrected chi connectivity index (χ2v) is 8.64. The summed E-state index contributed by atoms with van der Waals surface area (Å²) in [5.74, 6) is -1.48. The van der Waals surface area contributed by atoms with Crippen molar-refractivity contribution in [1.29, 1.82) is 0 Å². The van der Waals surface area contributed by atoms with Crippen LogP contribution >= 0.6 is 11.3 Å². The lowest BCUT2D eigenvalue weighted by molar-refractivity contribution is -0.0166. The second kappa shape index (κ2) is 8.16. The zero-order valence-electron chi connectivity index (χ0n) is 16.3. The third kappa shape index (κ3) is 4.22. The summed E-state index contributed by atoms with van der Waals surface area (Å²) in [5.41, 5.74) is 0.231. The highest BCUT2D eigenvalue weighted by Gasteiger charge is 2.36. The number of aryl methyl sites for hydroxylation is 1. The van der Waals surface area contributed by atoms with E-state index in [0.29, 0.717) is 42.2 Å². The molecule has 1 aliphatic rings. The fourth-order valence-corrected chi connectivity index (χ4v) is 4.54. The number of thiazole rings is 1. The van der Waals surface area contributed by atoms with E-state index < -0.39 is 17.2 Å². The van der Waals surface area contributed by atoms with Gasteiger partial charge in [0.15, 0.2) is 0 Å². The molecule has 3 aromatic rings. The number of nitrogens with zero attached hydrogens (tertiary/aromatic N) is 4. The highest BCUT2D eigenvalue weighted by molar-refractivity contribution is 7.14. The molecule has 2 aromatic heterocycles. The number of aromatic nitrogens is 3. The van der Waals surface area contributed by atoms with Crippen LogP contribution in [0.2, 0.25) is 0 Å². The maximum absolute atomic E-state index is 14.0. The highest BCUT2D eigenvalue weighted by Crippen LogP contribution is 2.32. The van der Waals surface area contributed by atoms with Crippen molar-refractivity contribution in [3.63, 3.8) is 0 Å². The summed E-state index contributed by atoms with van der Waals surface area (Å²) in [4.78, 5) is 27.9. The summed E-state index contributed by atoms with van der Waals surface area (Å²) in [7, 11) is 0. The number of hydrogen-bond acceptors (Lipinski definition) is 6. The summed E-state index contributed by atoms with van der Waals surface area (Å²) in [6, 6.07) is 5.06. The molecule has 0 spiro atoms. The highest BCUT2D eigenvalue weighted by atomic mass is 32.1. The number of amides is 1. The lowest BCUT2D eigenvalue weighted by Gasteiger charge is -2.38. The largest absolute Gasteiger partial charge is 0.389 e. The minimum absolute atomic E-state index is 0.0764. The Hall–Kier alpha value is -2.78. The van der Waals surface area contributed by atoms with E-state index in [1.807, 2.05) is 6.92 Å². The van der Waals surface area contributed by atoms with Crippen LogP contribution in [0.4, 0.5) is 8.78 Å². The Morgan fingerprint density at radius 2 is 2.03 bits per heavy atom. The van der Waals surface area contributed by atoms with Gasteiger partial charge in [-0.15, -0.1) is 11.3 Å². The van der Waals surface area contributed by atoms with Crippen LogP contribution in [0.15, 0.2) is 36.8 Å². The third-order valence-electron chi connectivity index (χ3n) is 5.27. The molecule has 1 aliphatic heterocycles. The van der Waals surface area contributed by atoms with Gasteiger partial charge in [0.2, 0.25) is 0 Å². The fourth-order valence-electron chi connectivity index (χ4n) is 3.64. The van der Waals surface area contributed by atoms with E-state index in [2.05, 4.69) is 15.0 Å². The summed E-state index contributed by atoms with van der Waals surface area (Å²) >= 11 is 1.31. The molecule has 3 heterocycles. The smallest absolute Gasteiger partial charge is 0.266 e. The molecule has 30 heavy (non-hydrogen) atoms. The van der Waals surface area contributed by atoms with Crippen molar-refractivity contribution < 1.29 is 18.7 Å². The van der Waals surface area contributed by atoms with Gasteiger partial charge in [-0.25, -0.2) is 23.7 Å². The lowest BCUT2D eigenvalue weighted by atomic mass is 9.85. The van der Waals surface area contributed by atoms with Crippen LogP contribution in [0.1, 0.15) is 33.1 Å². The average Bonchev–Trinajstić information content (AvgIpc) is 3.13. The van der Waals surface area contributed by atoms with Gasteiger partial charge in [0.1, 0.15) is 28.5 Å². The van der Waals surface area contributed by atoms with Crippen LogP contribution in [-0.4, -0.2) is 49.6 Å². The molecule has 9 heteroatoms. The van der Waals surface area contributed by atoms with Gasteiger partial charge in [-0.2, -0.15) is 0 Å². The summed E-state index contributed by atoms with van der Waals surface area (Å²) in [5, 5.41) is 11.7. The van der Waals surface area contributed by atoms with Crippen molar-refractivity contribution in [2.24, 2.45) is 0 Å². The van der Waals surface area contributed by atoms with Gasteiger partial charge >= 0.3 is 0 Å². The monoisotopic (exact) mass is 430 g/mol. The van der Waals surface area contributed by atoms with Gasteiger partial charge in [-0.05, 0) is 37.5 Å². The third-order valence-corrected chi connectivity index (χ3v) is 6.23. The molecule has 4 rings (SSSR count). The molecule has 1 fully saturated rings. The zero-order valence-corrected chi connectivity index (χ0v) is 17.1. The molecule has 1 aromatic carbocycles. The predicted octanol–water partition coefficient (Wildman–Crippen LogP) is 3.40. The van der Waals surface area contributed by atoms with E-state index in [4.69, 9.17) is 0 Å². The Kier molecular flexibility index (Phi) is 5.57. The Labute approximate surface area is 176 Å². The minimum Gasteiger partial charge on any atom is -0.389 e. The van der Waals surface area contributed by atoms with E-state index in [0.717, 1.165) is 11.1 Å². The maximum Gasteiger partial charge on any atom is 0.266 e. The van der Waals surface area contributed by atoms with Crippen LogP contribution in [-0.2, 0) is 6.42 Å². The van der Waals surface area contributed by atoms with Crippen molar-refractivity contribution >= 4 is 17.2 Å². The number of rotatable bonds is 4. The minimum atomic E-state index is -1.14. The van der Waals surface area contributed by atoms with Gasteiger partial charge in [0.25, 0.3) is 5.91 Å². The molecule has 0 unspecified atom stereocenters. The van der Waals surface area contributed by atoms with E-state index >= 15 is 0 Å². The number of benzene rings is 1. The molecule has 0 radical (unpaired) electrons. The number of piperidine rings is 1. The van der Waals surface area contributed by atoms with Crippen LogP contribution in [0.25, 0.3) is 11.4 Å². The number of likely N-dealkylation sites (tertiary alicyclic amines) is 1. The standard InChI is InChI=1S/C21H20F2N4O2S/c1-13-26-18(17-4-7-24-12-25-17)19(30-13)20(28)27-8-5-21(29,6-9-27)11-14-2-3-15(22)10-16(14)23/h2-4,7,10,12,29H,5-6,8-9,11H2,1H3. The molecule has 0 atom stereocenters. The topological polar surface area (TPSA) is 79.2 Å². The molecule has 1 N–H and O–H groups in total. The first kappa shape index (κ1) is 20.5. The van der Waals surface area contributed by atoms with E-state index in [1.165, 1.54) is 29.8 Å². The zero-order chi connectivity index (χ0) is 21.3. The molecule has 0 aliphatic carbocycles. The quantitative estimate of drug-likeness (QED) is 0.686. The van der Waals surface area contributed by atoms with Gasteiger partial charge in [-0.1, -0.05) is 6.07 Å². The molecule has 1 amide bonds. The average molecular weight is 430 g/mol. The predicted molar refractivity (Wildman–Crippen MR) is 108 cm³/mol. The molecular weight excluding hydrogens is 410 g/mol. The SMILES string of the molecule is Cc1nc(-c2ccncn2)c(C(=O)N2CCC(O)(Cc3ccc(F)cc3F)CC2)s1. The van der Waals surface area contributed by atoms with Crippen molar-refractivity contribution in [2.45, 2.75) is 31.8 Å². The van der Waals surface area contributed by atoms with Crippen molar-refractivity contribution in [1.82, 2.24) is 19.9 Å².